The van der Waals surface area contributed by atoms with E-state index in [4.69, 9.17) is 4.98 Å². The van der Waals surface area contributed by atoms with E-state index in [-0.39, 0.29) is 5.91 Å². The van der Waals surface area contributed by atoms with Gasteiger partial charge in [0.1, 0.15) is 0 Å². The first-order chi connectivity index (χ1) is 13.7. The predicted molar refractivity (Wildman–Crippen MR) is 121 cm³/mol. The van der Waals surface area contributed by atoms with Gasteiger partial charge < -0.3 is 5.32 Å². The lowest BCUT2D eigenvalue weighted by molar-refractivity contribution is 0.0954. The van der Waals surface area contributed by atoms with E-state index in [0.29, 0.717) is 12.1 Å². The summed E-state index contributed by atoms with van der Waals surface area (Å²) in [6.07, 6.45) is 7.28. The molecule has 0 saturated heterocycles. The summed E-state index contributed by atoms with van der Waals surface area (Å²) < 4.78 is 0.994. The monoisotopic (exact) mass is 438 g/mol. The number of nitrogens with zero attached hydrogens (tertiary/aromatic N) is 1. The van der Waals surface area contributed by atoms with Crippen LogP contribution in [0, 0.1) is 0 Å². The lowest BCUT2D eigenvalue weighted by Crippen LogP contribution is -2.24. The fraction of sp³-hybridized carbons (Fsp3) is 0.333. The summed E-state index contributed by atoms with van der Waals surface area (Å²) in [7, 11) is 0. The number of carbonyl (C=O) groups is 1. The Hall–Kier alpha value is -2.20. The predicted octanol–water partition coefficient (Wildman–Crippen LogP) is 6.75. The molecule has 0 aliphatic carbocycles. The van der Waals surface area contributed by atoms with Gasteiger partial charge in [-0.15, -0.1) is 0 Å². The Balaban J connectivity index is 1.76. The molecule has 0 spiro atoms. The molecule has 3 aromatic rings. The van der Waals surface area contributed by atoms with E-state index in [2.05, 4.69) is 28.2 Å². The van der Waals surface area contributed by atoms with Gasteiger partial charge in [0, 0.05) is 22.0 Å². The summed E-state index contributed by atoms with van der Waals surface area (Å²) in [4.78, 5) is 17.7. The van der Waals surface area contributed by atoms with E-state index in [0.717, 1.165) is 33.1 Å². The molecule has 0 aliphatic rings. The van der Waals surface area contributed by atoms with Gasteiger partial charge in [-0.2, -0.15) is 0 Å². The fourth-order valence-corrected chi connectivity index (χ4v) is 3.76. The van der Waals surface area contributed by atoms with Crippen molar-refractivity contribution < 1.29 is 4.79 Å². The molecule has 1 N–H and O–H groups in total. The van der Waals surface area contributed by atoms with E-state index >= 15 is 0 Å². The van der Waals surface area contributed by atoms with Gasteiger partial charge in [0.25, 0.3) is 5.91 Å². The van der Waals surface area contributed by atoms with Crippen LogP contribution < -0.4 is 5.32 Å². The van der Waals surface area contributed by atoms with Crippen LogP contribution in [0.3, 0.4) is 0 Å². The van der Waals surface area contributed by atoms with Crippen LogP contribution in [-0.2, 0) is 0 Å². The summed E-state index contributed by atoms with van der Waals surface area (Å²) in [6.45, 7) is 2.94. The highest BCUT2D eigenvalue weighted by Crippen LogP contribution is 2.26. The Labute approximate surface area is 175 Å². The minimum Gasteiger partial charge on any atom is -0.352 e. The normalized spacial score (nSPS) is 10.9. The average Bonchev–Trinajstić information content (AvgIpc) is 2.72. The first-order valence-electron chi connectivity index (χ1n) is 10.1. The molecule has 0 radical (unpaired) electrons. The zero-order valence-corrected chi connectivity index (χ0v) is 18.0. The molecule has 0 unspecified atom stereocenters. The number of para-hydroxylation sites is 1. The third-order valence-corrected chi connectivity index (χ3v) is 5.39. The van der Waals surface area contributed by atoms with Crippen LogP contribution in [0.5, 0.6) is 0 Å². The zero-order chi connectivity index (χ0) is 19.8. The Morgan fingerprint density at radius 1 is 0.964 bits per heavy atom. The second-order valence-corrected chi connectivity index (χ2v) is 8.02. The summed E-state index contributed by atoms with van der Waals surface area (Å²) in [6, 6.07) is 17.7. The molecular weight excluding hydrogens is 412 g/mol. The minimum absolute atomic E-state index is 0.0246. The molecule has 3 nitrogen and oxygen atoms in total. The number of aromatic nitrogens is 1. The maximum Gasteiger partial charge on any atom is 0.252 e. The highest BCUT2D eigenvalue weighted by molar-refractivity contribution is 9.10. The van der Waals surface area contributed by atoms with Crippen LogP contribution in [0.4, 0.5) is 0 Å². The van der Waals surface area contributed by atoms with Crippen LogP contribution in [0.15, 0.2) is 59.1 Å². The number of pyridine rings is 1. The van der Waals surface area contributed by atoms with Crippen molar-refractivity contribution in [3.63, 3.8) is 0 Å². The second-order valence-electron chi connectivity index (χ2n) is 7.11. The second kappa shape index (κ2) is 10.4. The number of rotatable bonds is 9. The van der Waals surface area contributed by atoms with E-state index in [1.54, 1.807) is 0 Å². The number of halogens is 1. The van der Waals surface area contributed by atoms with Crippen LogP contribution in [0.25, 0.3) is 22.2 Å². The van der Waals surface area contributed by atoms with E-state index in [9.17, 15) is 4.79 Å². The van der Waals surface area contributed by atoms with Gasteiger partial charge in [0.2, 0.25) is 0 Å². The smallest absolute Gasteiger partial charge is 0.252 e. The van der Waals surface area contributed by atoms with Crippen LogP contribution in [-0.4, -0.2) is 17.4 Å². The quantitative estimate of drug-likeness (QED) is 0.375. The van der Waals surface area contributed by atoms with Crippen molar-refractivity contribution in [2.24, 2.45) is 0 Å². The Morgan fingerprint density at radius 2 is 1.75 bits per heavy atom. The van der Waals surface area contributed by atoms with Crippen molar-refractivity contribution >= 4 is 32.7 Å². The first-order valence-corrected chi connectivity index (χ1v) is 10.9. The molecule has 1 aromatic heterocycles. The molecule has 1 amide bonds. The largest absolute Gasteiger partial charge is 0.352 e. The molecule has 1 heterocycles. The molecule has 4 heteroatoms. The highest BCUT2D eigenvalue weighted by atomic mass is 79.9. The van der Waals surface area contributed by atoms with Crippen LogP contribution in [0.2, 0.25) is 0 Å². The zero-order valence-electron chi connectivity index (χ0n) is 16.4. The van der Waals surface area contributed by atoms with Gasteiger partial charge in [-0.1, -0.05) is 85.3 Å². The number of fused-ring (bicyclic) bond motifs is 1. The molecule has 0 saturated carbocycles. The molecular formula is C24H27BrN2O. The Bertz CT molecular complexity index is 939. The van der Waals surface area contributed by atoms with Gasteiger partial charge in [-0.3, -0.25) is 4.79 Å². The van der Waals surface area contributed by atoms with Gasteiger partial charge in [-0.25, -0.2) is 4.98 Å². The summed E-state index contributed by atoms with van der Waals surface area (Å²) in [5, 5.41) is 3.99. The molecule has 2 aromatic carbocycles. The van der Waals surface area contributed by atoms with Crippen LogP contribution >= 0.6 is 15.9 Å². The van der Waals surface area contributed by atoms with Crippen LogP contribution in [0.1, 0.15) is 55.8 Å². The SMILES string of the molecule is CCCCCCCCNC(=O)c1cc(-c2cccc(Br)c2)nc2ccccc12. The van der Waals surface area contributed by atoms with Crippen molar-refractivity contribution in [3.8, 4) is 11.3 Å². The molecule has 0 bridgehead atoms. The van der Waals surface area contributed by atoms with E-state index in [1.165, 1.54) is 32.1 Å². The molecule has 0 fully saturated rings. The number of amides is 1. The summed E-state index contributed by atoms with van der Waals surface area (Å²) >= 11 is 3.51. The highest BCUT2D eigenvalue weighted by Gasteiger charge is 2.13. The third kappa shape index (κ3) is 5.41. The van der Waals surface area contributed by atoms with Crippen molar-refractivity contribution in [2.75, 3.05) is 6.54 Å². The van der Waals surface area contributed by atoms with Gasteiger partial charge >= 0.3 is 0 Å². The number of hydrogen-bond donors (Lipinski definition) is 1. The van der Waals surface area contributed by atoms with Crippen molar-refractivity contribution in [1.82, 2.24) is 10.3 Å². The molecule has 146 valence electrons. The summed E-state index contributed by atoms with van der Waals surface area (Å²) in [5.41, 5.74) is 3.33. The lowest BCUT2D eigenvalue weighted by atomic mass is 10.0. The number of benzene rings is 2. The molecule has 0 aliphatic heterocycles. The minimum atomic E-state index is -0.0246. The Morgan fingerprint density at radius 3 is 2.57 bits per heavy atom. The number of unbranched alkanes of at least 4 members (excludes halogenated alkanes) is 5. The maximum atomic E-state index is 12.9. The standard InChI is InChI=1S/C24H27BrN2O/c1-2-3-4-5-6-9-15-26-24(28)21-17-23(18-11-10-12-19(25)16-18)27-22-14-8-7-13-20(21)22/h7-8,10-14,16-17H,2-6,9,15H2,1H3,(H,26,28). The van der Waals surface area contributed by atoms with E-state index in [1.807, 2.05) is 54.6 Å². The maximum absolute atomic E-state index is 12.9. The van der Waals surface area contributed by atoms with Crippen molar-refractivity contribution in [3.05, 3.63) is 64.6 Å². The van der Waals surface area contributed by atoms with E-state index < -0.39 is 0 Å². The number of hydrogen-bond acceptors (Lipinski definition) is 2. The fourth-order valence-electron chi connectivity index (χ4n) is 3.36. The molecule has 3 rings (SSSR count). The van der Waals surface area contributed by atoms with Gasteiger partial charge in [-0.05, 0) is 30.7 Å². The third-order valence-electron chi connectivity index (χ3n) is 4.90. The number of nitrogens with one attached hydrogen (secondary N) is 1. The van der Waals surface area contributed by atoms with Crippen molar-refractivity contribution in [2.45, 2.75) is 45.4 Å². The van der Waals surface area contributed by atoms with Crippen molar-refractivity contribution in [1.29, 1.82) is 0 Å². The summed E-state index contributed by atoms with van der Waals surface area (Å²) in [5.74, 6) is -0.0246. The van der Waals surface area contributed by atoms with Gasteiger partial charge in [0.15, 0.2) is 0 Å². The number of carbonyl (C=O) groups excluding carboxylic acids is 1. The van der Waals surface area contributed by atoms with Gasteiger partial charge in [0.05, 0.1) is 16.8 Å². The average molecular weight is 439 g/mol. The first kappa shape index (κ1) is 20.5. The Kier molecular flexibility index (Phi) is 7.61. The lowest BCUT2D eigenvalue weighted by Gasteiger charge is -2.11. The topological polar surface area (TPSA) is 42.0 Å². The molecule has 0 atom stereocenters. The molecule has 28 heavy (non-hydrogen) atoms.